The Balaban J connectivity index is 0.530. The largest absolute Gasteiger partial charge is 0.455 e. The second-order valence-corrected chi connectivity index (χ2v) is 44.8. The number of hydrogen-bond acceptors (Lipinski definition) is 2. The third-order valence-corrected chi connectivity index (χ3v) is 35.1. The maximum Gasteiger partial charge on any atom is 0.144 e. The van der Waals surface area contributed by atoms with Gasteiger partial charge in [0, 0.05) is 65.2 Å². The molecule has 694 valence electrons. The van der Waals surface area contributed by atoms with Crippen molar-refractivity contribution in [1.29, 1.82) is 0 Å². The van der Waals surface area contributed by atoms with E-state index < -0.39 is 0 Å². The standard InChI is InChI=1S/C136H138O2/c1-13-17-21-25-29-41-73-135(74-42-30-26-22-18-14-2)111-49-37-33-45-97(111)103-71-65-95(81-119(103)135)93-63-69-101-99-67-61-91(77-113(99)131(5,6)115(101)79-93)87-53-57-89(58-54-87)107-83-122-127(130-125(107)105-47-35-39-51-123(105)138-130)110-86-117-109(85-118(110)134(122,11)12)126-121(133(117,9)10)84-108(129-128(126)106-48-36-40-52-124(106)137-129)90-59-55-88(56-60-90)92-62-68-100-102-70-64-94(80-116(102)132(7,8)114(100)78-92)96-66-72-104-98-46-34-38-50-112(98)136(120(104)82-96,75-43-31-27-23-19-15-3)76-44-32-28-24-20-16-4/h33-40,45-72,77-86H,13-32,41-44,73-76H2,1-12H3. The second kappa shape index (κ2) is 35.7. The molecule has 0 bridgehead atoms. The van der Waals surface area contributed by atoms with Crippen molar-refractivity contribution in [3.8, 4) is 134 Å². The highest BCUT2D eigenvalue weighted by Gasteiger charge is 2.49. The van der Waals surface area contributed by atoms with Gasteiger partial charge in [-0.05, 0) is 288 Å². The maximum absolute atomic E-state index is 7.34. The van der Waals surface area contributed by atoms with Gasteiger partial charge in [0.05, 0.1) is 0 Å². The van der Waals surface area contributed by atoms with Crippen LogP contribution in [0.15, 0.2) is 288 Å². The summed E-state index contributed by atoms with van der Waals surface area (Å²) < 4.78 is 14.6. The Morgan fingerprint density at radius 2 is 0.442 bits per heavy atom. The van der Waals surface area contributed by atoms with Crippen LogP contribution in [0.3, 0.4) is 0 Å². The zero-order valence-corrected chi connectivity index (χ0v) is 84.2. The monoisotopic (exact) mass is 1800 g/mol. The van der Waals surface area contributed by atoms with Gasteiger partial charge < -0.3 is 8.83 Å². The fourth-order valence-corrected chi connectivity index (χ4v) is 27.4. The molecule has 0 spiro atoms. The lowest BCUT2D eigenvalue weighted by Gasteiger charge is -2.33. The van der Waals surface area contributed by atoms with E-state index >= 15 is 0 Å². The van der Waals surface area contributed by atoms with Crippen LogP contribution in [-0.2, 0) is 32.5 Å². The molecule has 0 unspecified atom stereocenters. The topological polar surface area (TPSA) is 26.3 Å². The molecule has 0 aliphatic heterocycles. The Bertz CT molecular complexity index is 7580. The Morgan fingerprint density at radius 3 is 0.841 bits per heavy atom. The highest BCUT2D eigenvalue weighted by atomic mass is 16.3. The Labute approximate surface area is 821 Å². The first-order valence-electron chi connectivity index (χ1n) is 53.7. The fraction of sp³-hybridized carbons (Fsp3) is 0.338. The SMILES string of the molecule is CCCCCCCCC1(CCCCCCCC)c2ccccc2-c2ccc(-c3ccc4c(c3)C(C)(C)c3cc(-c5ccc(-c6cc7c(c8c6oc6ccccc68)-c6cc8c(cc6C7(C)C)-c6c(cc(-c7ccc(-c9ccc%10c(c9)C(C)(C)c9cc(-c%11ccc%12c(c%11)C(CCCCCCCC)(CCCCCCCC)c%11ccccc%11-%12)ccc9-%10)cc7)c7c6oc6ccccc67)C8(C)C)cc5)ccc3-4)cc21. The highest BCUT2D eigenvalue weighted by Crippen LogP contribution is 2.65. The second-order valence-electron chi connectivity index (χ2n) is 44.8. The van der Waals surface area contributed by atoms with E-state index in [1.807, 2.05) is 0 Å². The first-order valence-corrected chi connectivity index (χ1v) is 53.7. The molecule has 2 heteroatoms. The molecule has 23 rings (SSSR count). The number of benzene rings is 15. The number of hydrogen-bond donors (Lipinski definition) is 0. The van der Waals surface area contributed by atoms with Crippen molar-refractivity contribution in [2.24, 2.45) is 0 Å². The molecule has 0 saturated carbocycles. The summed E-state index contributed by atoms with van der Waals surface area (Å²) >= 11 is 0. The average molecular weight is 1800 g/mol. The van der Waals surface area contributed by atoms with Crippen molar-refractivity contribution < 1.29 is 8.83 Å². The van der Waals surface area contributed by atoms with Gasteiger partial charge in [-0.25, -0.2) is 0 Å². The summed E-state index contributed by atoms with van der Waals surface area (Å²) in [4.78, 5) is 0. The zero-order valence-electron chi connectivity index (χ0n) is 84.2. The minimum atomic E-state index is -0.379. The molecule has 138 heavy (non-hydrogen) atoms. The van der Waals surface area contributed by atoms with Gasteiger partial charge >= 0.3 is 0 Å². The lowest BCUT2D eigenvalue weighted by atomic mass is 9.70. The van der Waals surface area contributed by atoms with E-state index in [9.17, 15) is 0 Å². The molecule has 2 heterocycles. The van der Waals surface area contributed by atoms with Crippen LogP contribution in [0.5, 0.6) is 0 Å². The molecule has 0 fully saturated rings. The van der Waals surface area contributed by atoms with E-state index in [0.29, 0.717) is 0 Å². The first kappa shape index (κ1) is 89.8. The highest BCUT2D eigenvalue weighted by molar-refractivity contribution is 6.21. The van der Waals surface area contributed by atoms with Gasteiger partial charge in [0.1, 0.15) is 22.3 Å². The van der Waals surface area contributed by atoms with Crippen LogP contribution >= 0.6 is 0 Å². The average Bonchev–Trinajstić information content (AvgIpc) is 1.51. The summed E-state index contributed by atoms with van der Waals surface area (Å²) in [7, 11) is 0. The summed E-state index contributed by atoms with van der Waals surface area (Å²) in [6.45, 7) is 29.0. The summed E-state index contributed by atoms with van der Waals surface area (Å²) in [5.74, 6) is 0. The predicted octanol–water partition coefficient (Wildman–Crippen LogP) is 40.2. The Hall–Kier alpha value is -12.1. The van der Waals surface area contributed by atoms with E-state index in [1.165, 1.54) is 357 Å². The van der Waals surface area contributed by atoms with Gasteiger partial charge in [-0.2, -0.15) is 0 Å². The molecule has 0 N–H and O–H groups in total. The van der Waals surface area contributed by atoms with E-state index in [0.717, 1.165) is 44.2 Å². The third-order valence-electron chi connectivity index (χ3n) is 35.1. The third kappa shape index (κ3) is 14.6. The van der Waals surface area contributed by atoms with Crippen LogP contribution in [0.1, 0.15) is 330 Å². The zero-order chi connectivity index (χ0) is 94.1. The van der Waals surface area contributed by atoms with Crippen molar-refractivity contribution in [1.82, 2.24) is 0 Å². The lowest BCUT2D eigenvalue weighted by Crippen LogP contribution is -2.25. The van der Waals surface area contributed by atoms with Crippen molar-refractivity contribution in [3.05, 3.63) is 346 Å². The van der Waals surface area contributed by atoms with Crippen molar-refractivity contribution in [3.63, 3.8) is 0 Å². The molecule has 2 nitrogen and oxygen atoms in total. The lowest BCUT2D eigenvalue weighted by molar-refractivity contribution is 0.398. The summed E-state index contributed by atoms with van der Waals surface area (Å²) in [6, 6.07) is 110. The van der Waals surface area contributed by atoms with Crippen LogP contribution < -0.4 is 0 Å². The number of unbranched alkanes of at least 4 members (excludes halogenated alkanes) is 20. The summed E-state index contributed by atoms with van der Waals surface area (Å²) in [6.07, 6.45) is 36.6. The molecule has 6 aliphatic rings. The van der Waals surface area contributed by atoms with Crippen molar-refractivity contribution >= 4 is 43.9 Å². The molecule has 0 atom stereocenters. The van der Waals surface area contributed by atoms with Gasteiger partial charge in [0.25, 0.3) is 0 Å². The normalized spacial score (nSPS) is 15.4. The van der Waals surface area contributed by atoms with E-state index in [4.69, 9.17) is 8.83 Å². The summed E-state index contributed by atoms with van der Waals surface area (Å²) in [5, 5.41) is 4.65. The Kier molecular flexibility index (Phi) is 23.2. The molecule has 0 radical (unpaired) electrons. The van der Waals surface area contributed by atoms with Crippen LogP contribution in [0, 0.1) is 0 Å². The van der Waals surface area contributed by atoms with E-state index in [-0.39, 0.29) is 32.5 Å². The molecule has 2 aromatic heterocycles. The number of fused-ring (bicyclic) bond motifs is 26. The molecule has 17 aromatic rings. The summed E-state index contributed by atoms with van der Waals surface area (Å²) in [5.41, 5.74) is 51.0. The molecule has 0 saturated heterocycles. The van der Waals surface area contributed by atoms with Gasteiger partial charge in [-0.15, -0.1) is 0 Å². The van der Waals surface area contributed by atoms with Gasteiger partial charge in [-0.3, -0.25) is 0 Å². The van der Waals surface area contributed by atoms with Crippen molar-refractivity contribution in [2.75, 3.05) is 0 Å². The van der Waals surface area contributed by atoms with Crippen LogP contribution in [0.2, 0.25) is 0 Å². The van der Waals surface area contributed by atoms with Crippen LogP contribution in [-0.4, -0.2) is 0 Å². The fourth-order valence-electron chi connectivity index (χ4n) is 27.4. The van der Waals surface area contributed by atoms with Gasteiger partial charge in [0.15, 0.2) is 0 Å². The molecule has 6 aliphatic carbocycles. The number of furan rings is 2. The van der Waals surface area contributed by atoms with E-state index in [1.54, 1.807) is 22.3 Å². The molecule has 15 aromatic carbocycles. The van der Waals surface area contributed by atoms with Gasteiger partial charge in [0.2, 0.25) is 0 Å². The predicted molar refractivity (Wildman–Crippen MR) is 588 cm³/mol. The van der Waals surface area contributed by atoms with Crippen LogP contribution in [0.25, 0.3) is 177 Å². The molecular formula is C136H138O2. The number of para-hydroxylation sites is 2. The van der Waals surface area contributed by atoms with Crippen LogP contribution in [0.4, 0.5) is 0 Å². The number of rotatable bonds is 34. The minimum Gasteiger partial charge on any atom is -0.455 e. The smallest absolute Gasteiger partial charge is 0.144 e. The quantitative estimate of drug-likeness (QED) is 0.0376. The molecule has 0 amide bonds. The van der Waals surface area contributed by atoms with Gasteiger partial charge in [-0.1, -0.05) is 443 Å². The Morgan fingerprint density at radius 1 is 0.181 bits per heavy atom. The van der Waals surface area contributed by atoms with E-state index in [2.05, 4.69) is 362 Å². The first-order chi connectivity index (χ1) is 67.3. The molecular weight excluding hydrogens is 1670 g/mol. The van der Waals surface area contributed by atoms with Crippen molar-refractivity contribution in [2.45, 2.75) is 295 Å². The maximum atomic E-state index is 7.34. The minimum absolute atomic E-state index is 0.0386.